The normalized spacial score (nSPS) is 16.6. The third kappa shape index (κ3) is 9.39. The average molecular weight is 757 g/mol. The Morgan fingerprint density at radius 1 is 0.642 bits per heavy atom. The number of rotatable bonds is 12. The molecule has 0 aromatic heterocycles. The Morgan fingerprint density at radius 2 is 1.11 bits per heavy atom. The van der Waals surface area contributed by atoms with Gasteiger partial charge in [-0.3, -0.25) is 24.0 Å². The van der Waals surface area contributed by atoms with Gasteiger partial charge in [-0.1, -0.05) is 36.4 Å². The maximum Gasteiger partial charge on any atom is 0.281 e. The van der Waals surface area contributed by atoms with Gasteiger partial charge in [-0.25, -0.2) is 0 Å². The maximum atomic E-state index is 15.6. The van der Waals surface area contributed by atoms with E-state index in [0.717, 1.165) is 25.8 Å². The molecule has 2 heterocycles. The van der Waals surface area contributed by atoms with Crippen LogP contribution in [-0.2, 0) is 18.9 Å². The summed E-state index contributed by atoms with van der Waals surface area (Å²) >= 11 is 0. The van der Waals surface area contributed by atoms with E-state index in [2.05, 4.69) is 26.6 Å². The van der Waals surface area contributed by atoms with Crippen LogP contribution < -0.4 is 49.6 Å². The van der Waals surface area contributed by atoms with Gasteiger partial charge in [0.2, 0.25) is 11.8 Å². The predicted octanol–water partition coefficient (Wildman–Crippen LogP) is -0.584. The highest BCUT2D eigenvalue weighted by Gasteiger charge is 2.47. The van der Waals surface area contributed by atoms with E-state index >= 15 is 4.57 Å². The van der Waals surface area contributed by atoms with Crippen molar-refractivity contribution < 1.29 is 46.3 Å². The number of benzene rings is 4. The molecule has 0 spiro atoms. The molecule has 5 amide bonds. The quantitative estimate of drug-likeness (QED) is 0.121. The summed E-state index contributed by atoms with van der Waals surface area (Å²) in [5.41, 5.74) is 1.82. The molecule has 2 aliphatic heterocycles. The number of carbonyl (C=O) groups is 5. The third-order valence-electron chi connectivity index (χ3n) is 9.37. The lowest BCUT2D eigenvalue weighted by molar-refractivity contribution is -0.658. The molecule has 2 aliphatic rings. The molecule has 6 N–H and O–H groups in total. The molecule has 0 aliphatic carbocycles. The Kier molecular flexibility index (Phi) is 13.2. The number of amides is 5. The van der Waals surface area contributed by atoms with Crippen molar-refractivity contribution in [1.29, 1.82) is 0 Å². The van der Waals surface area contributed by atoms with Crippen LogP contribution in [-0.4, -0.2) is 72.4 Å². The van der Waals surface area contributed by atoms with Crippen molar-refractivity contribution in [2.45, 2.75) is 37.5 Å². The number of hydrogen-bond acceptors (Lipinski definition) is 6. The van der Waals surface area contributed by atoms with Crippen molar-refractivity contribution in [2.24, 2.45) is 0 Å². The van der Waals surface area contributed by atoms with Gasteiger partial charge < -0.3 is 48.5 Å². The number of likely N-dealkylation sites (tertiary alicyclic amines) is 1. The molecule has 14 heteroatoms. The van der Waals surface area contributed by atoms with Gasteiger partial charge in [0.05, 0.1) is 25.4 Å². The minimum absolute atomic E-state index is 0. The highest BCUT2D eigenvalue weighted by Crippen LogP contribution is 2.54. The smallest absolute Gasteiger partial charge is 0.281 e. The third-order valence-corrected chi connectivity index (χ3v) is 12.9. The van der Waals surface area contributed by atoms with Crippen molar-refractivity contribution in [3.63, 3.8) is 0 Å². The molecule has 1 unspecified atom stereocenters. The van der Waals surface area contributed by atoms with Crippen LogP contribution in [0.2, 0.25) is 0 Å². The average Bonchev–Trinajstić information content (AvgIpc) is 3.91. The highest BCUT2D eigenvalue weighted by atomic mass is 35.5. The van der Waals surface area contributed by atoms with E-state index in [0.29, 0.717) is 46.1 Å². The number of anilines is 2. The first-order valence-corrected chi connectivity index (χ1v) is 19.2. The topological polar surface area (TPSA) is 170 Å². The van der Waals surface area contributed by atoms with E-state index in [1.807, 2.05) is 0 Å². The minimum Gasteiger partial charge on any atom is -1.00 e. The molecule has 4 aromatic rings. The standard InChI is InChI=1S/C39H41N6O6P.ClH/c46-34(25-41-37(48)27-9-3-1-4-10-27)43-29-15-19-31(20-16-29)52(51,36-14-8-24-45(36)39(50)33-13-7-23-40-33)32-21-17-30(18-22-32)44-35(47)26-42-38(49)28-11-5-2-6-12-28;/h1-6,9-12,15-22,33,36,40H,7-8,13-14,23-26H2,(H,41,48)(H,42,49)(H,43,46)(H,44,47);1H/t33-,36?;/m0./s1. The zero-order chi connectivity index (χ0) is 36.5. The Bertz CT molecular complexity index is 1840. The van der Waals surface area contributed by atoms with E-state index in [-0.39, 0.29) is 49.3 Å². The summed E-state index contributed by atoms with van der Waals surface area (Å²) in [5, 5.41) is 13.9. The molecule has 276 valence electrons. The summed E-state index contributed by atoms with van der Waals surface area (Å²) in [6.07, 6.45) is 3.03. The summed E-state index contributed by atoms with van der Waals surface area (Å²) in [7, 11) is -3.50. The van der Waals surface area contributed by atoms with E-state index < -0.39 is 24.7 Å². The fourth-order valence-corrected chi connectivity index (χ4v) is 10.1. The Labute approximate surface area is 314 Å². The molecular weight excluding hydrogens is 715 g/mol. The molecule has 53 heavy (non-hydrogen) atoms. The van der Waals surface area contributed by atoms with Gasteiger partial charge in [-0.05, 0) is 85.6 Å². The second-order valence-electron chi connectivity index (χ2n) is 12.9. The lowest BCUT2D eigenvalue weighted by Crippen LogP contribution is -3.00. The summed E-state index contributed by atoms with van der Waals surface area (Å²) in [5.74, 6) is -2.12. The minimum atomic E-state index is -3.50. The van der Waals surface area contributed by atoms with Gasteiger partial charge in [0.25, 0.3) is 17.7 Å². The molecule has 0 bridgehead atoms. The number of nitrogens with one attached hydrogen (secondary N) is 4. The van der Waals surface area contributed by atoms with Crippen LogP contribution in [0.15, 0.2) is 109 Å². The van der Waals surface area contributed by atoms with Gasteiger partial charge in [0, 0.05) is 52.5 Å². The number of nitrogens with zero attached hydrogens (tertiary/aromatic N) is 1. The molecule has 4 aromatic carbocycles. The van der Waals surface area contributed by atoms with Crippen molar-refractivity contribution in [1.82, 2.24) is 15.5 Å². The van der Waals surface area contributed by atoms with Crippen LogP contribution >= 0.6 is 7.14 Å². The van der Waals surface area contributed by atoms with Gasteiger partial charge in [-0.15, -0.1) is 0 Å². The van der Waals surface area contributed by atoms with E-state index in [1.54, 1.807) is 114 Å². The fraction of sp³-hybridized carbons (Fsp3) is 0.256. The fourth-order valence-electron chi connectivity index (χ4n) is 6.74. The van der Waals surface area contributed by atoms with Crippen molar-refractivity contribution in [3.05, 3.63) is 120 Å². The van der Waals surface area contributed by atoms with Crippen molar-refractivity contribution >= 4 is 58.7 Å². The van der Waals surface area contributed by atoms with Crippen LogP contribution in [0, 0.1) is 0 Å². The number of halogens is 1. The summed E-state index contributed by atoms with van der Waals surface area (Å²) in [4.78, 5) is 65.6. The number of hydrogen-bond donors (Lipinski definition) is 5. The van der Waals surface area contributed by atoms with Crippen LogP contribution in [0.25, 0.3) is 0 Å². The summed E-state index contributed by atoms with van der Waals surface area (Å²) in [6.45, 7) is 0.948. The van der Waals surface area contributed by atoms with Gasteiger partial charge in [-0.2, -0.15) is 0 Å². The second-order valence-corrected chi connectivity index (χ2v) is 15.8. The molecule has 6 rings (SSSR count). The Hall–Kier alpha value is -5.29. The van der Waals surface area contributed by atoms with Gasteiger partial charge >= 0.3 is 0 Å². The molecule has 2 atom stereocenters. The van der Waals surface area contributed by atoms with E-state index in [4.69, 9.17) is 0 Å². The summed E-state index contributed by atoms with van der Waals surface area (Å²) in [6, 6.07) is 30.6. The maximum absolute atomic E-state index is 15.6. The van der Waals surface area contributed by atoms with Crippen LogP contribution in [0.5, 0.6) is 0 Å². The molecule has 0 radical (unpaired) electrons. The zero-order valence-corrected chi connectivity index (χ0v) is 30.7. The lowest BCUT2D eigenvalue weighted by atomic mass is 10.2. The van der Waals surface area contributed by atoms with Crippen LogP contribution in [0.1, 0.15) is 46.4 Å². The monoisotopic (exact) mass is 756 g/mol. The largest absolute Gasteiger partial charge is 1.00 e. The lowest BCUT2D eigenvalue weighted by Gasteiger charge is -2.33. The van der Waals surface area contributed by atoms with Crippen LogP contribution in [0.3, 0.4) is 0 Å². The Balaban J connectivity index is 0.00000541. The predicted molar refractivity (Wildman–Crippen MR) is 199 cm³/mol. The van der Waals surface area contributed by atoms with E-state index in [9.17, 15) is 24.0 Å². The second kappa shape index (κ2) is 18.0. The molecule has 12 nitrogen and oxygen atoms in total. The number of quaternary nitrogens is 1. The van der Waals surface area contributed by atoms with Crippen molar-refractivity contribution in [2.75, 3.05) is 36.8 Å². The SMILES string of the molecule is O=C(CNC(=O)c1ccccc1)Nc1ccc(P(=O)(c2ccc(NC(=O)CNC(=O)c3ccccc3)cc2)C2CCCN2C(=O)[C@@H]2CCC[NH2+]2)cc1.[Cl-]. The number of carbonyl (C=O) groups excluding carboxylic acids is 5. The van der Waals surface area contributed by atoms with E-state index in [1.165, 1.54) is 0 Å². The highest BCUT2D eigenvalue weighted by molar-refractivity contribution is 7.79. The Morgan fingerprint density at radius 3 is 1.55 bits per heavy atom. The first-order valence-electron chi connectivity index (χ1n) is 17.4. The first-order chi connectivity index (χ1) is 25.2. The van der Waals surface area contributed by atoms with Gasteiger partial charge in [0.1, 0.15) is 0 Å². The van der Waals surface area contributed by atoms with Gasteiger partial charge in [0.15, 0.2) is 13.2 Å². The first kappa shape index (κ1) is 38.9. The summed E-state index contributed by atoms with van der Waals surface area (Å²) < 4.78 is 15.6. The molecule has 2 saturated heterocycles. The molecule has 0 saturated carbocycles. The molecular formula is C39H42ClN6O6P. The van der Waals surface area contributed by atoms with Crippen molar-refractivity contribution in [3.8, 4) is 0 Å². The zero-order valence-electron chi connectivity index (χ0n) is 29.0. The van der Waals surface area contributed by atoms with Crippen LogP contribution in [0.4, 0.5) is 11.4 Å². The molecule has 2 fully saturated rings. The number of nitrogens with two attached hydrogens (primary N) is 1.